The van der Waals surface area contributed by atoms with Gasteiger partial charge in [-0.1, -0.05) is 42.5 Å². The molecule has 4 rings (SSSR count). The number of halogens is 1. The second-order valence-corrected chi connectivity index (χ2v) is 9.35. The SMILES string of the molecule is Cc1nc2ccc(C(=O)NS(=O)(=O)c3ccccc3)nc2n1Cc1ccc(CCCl)cc1. The molecule has 1 amide bonds. The molecule has 1 N–H and O–H groups in total. The molecule has 0 atom stereocenters. The summed E-state index contributed by atoms with van der Waals surface area (Å²) < 4.78 is 28.9. The van der Waals surface area contributed by atoms with Gasteiger partial charge in [0.2, 0.25) is 0 Å². The number of rotatable bonds is 7. The van der Waals surface area contributed by atoms with E-state index in [0.29, 0.717) is 23.6 Å². The molecule has 0 spiro atoms. The summed E-state index contributed by atoms with van der Waals surface area (Å²) in [6.07, 6.45) is 0.806. The highest BCUT2D eigenvalue weighted by Gasteiger charge is 2.20. The Hall–Kier alpha value is -3.23. The van der Waals surface area contributed by atoms with Gasteiger partial charge in [0.25, 0.3) is 15.9 Å². The van der Waals surface area contributed by atoms with Crippen LogP contribution in [-0.4, -0.2) is 34.7 Å². The van der Waals surface area contributed by atoms with E-state index in [-0.39, 0.29) is 10.6 Å². The van der Waals surface area contributed by atoms with Crippen LogP contribution >= 0.6 is 11.6 Å². The van der Waals surface area contributed by atoms with Gasteiger partial charge in [0.05, 0.1) is 11.4 Å². The number of hydrogen-bond donors (Lipinski definition) is 1. The van der Waals surface area contributed by atoms with Crippen molar-refractivity contribution >= 4 is 38.7 Å². The lowest BCUT2D eigenvalue weighted by molar-refractivity contribution is 0.0977. The molecule has 0 aliphatic carbocycles. The van der Waals surface area contributed by atoms with E-state index in [9.17, 15) is 13.2 Å². The average Bonchev–Trinajstić information content (AvgIpc) is 3.10. The molecule has 0 aliphatic rings. The van der Waals surface area contributed by atoms with Gasteiger partial charge in [-0.3, -0.25) is 4.79 Å². The third-order valence-electron chi connectivity index (χ3n) is 5.04. The number of hydrogen-bond acceptors (Lipinski definition) is 5. The van der Waals surface area contributed by atoms with Gasteiger partial charge in [-0.15, -0.1) is 11.6 Å². The predicted octanol–water partition coefficient (Wildman–Crippen LogP) is 3.69. The predicted molar refractivity (Wildman–Crippen MR) is 123 cm³/mol. The maximum atomic E-state index is 12.7. The summed E-state index contributed by atoms with van der Waals surface area (Å²) in [5.41, 5.74) is 3.35. The second kappa shape index (κ2) is 9.10. The fraction of sp³-hybridized carbons (Fsp3) is 0.174. The molecule has 2 heterocycles. The first-order chi connectivity index (χ1) is 15.4. The minimum absolute atomic E-state index is 0.00406. The van der Waals surface area contributed by atoms with Crippen LogP contribution in [-0.2, 0) is 23.0 Å². The van der Waals surface area contributed by atoms with Crippen LogP contribution in [0.4, 0.5) is 0 Å². The van der Waals surface area contributed by atoms with Crippen molar-refractivity contribution in [1.82, 2.24) is 19.3 Å². The van der Waals surface area contributed by atoms with Crippen LogP contribution in [0.1, 0.15) is 27.4 Å². The van der Waals surface area contributed by atoms with Gasteiger partial charge in [-0.2, -0.15) is 0 Å². The summed E-state index contributed by atoms with van der Waals surface area (Å²) in [6, 6.07) is 19.0. The van der Waals surface area contributed by atoms with Crippen LogP contribution in [0.5, 0.6) is 0 Å². The Morgan fingerprint density at radius 3 is 2.34 bits per heavy atom. The minimum atomic E-state index is -3.99. The molecule has 0 saturated heterocycles. The Labute approximate surface area is 191 Å². The quantitative estimate of drug-likeness (QED) is 0.417. The molecule has 0 radical (unpaired) electrons. The zero-order chi connectivity index (χ0) is 22.7. The van der Waals surface area contributed by atoms with Crippen LogP contribution in [0.2, 0.25) is 0 Å². The van der Waals surface area contributed by atoms with Gasteiger partial charge in [-0.25, -0.2) is 23.1 Å². The molecule has 0 bridgehead atoms. The van der Waals surface area contributed by atoms with Crippen LogP contribution in [0, 0.1) is 6.92 Å². The van der Waals surface area contributed by atoms with E-state index < -0.39 is 15.9 Å². The van der Waals surface area contributed by atoms with Crippen LogP contribution in [0.3, 0.4) is 0 Å². The van der Waals surface area contributed by atoms with Crippen molar-refractivity contribution in [1.29, 1.82) is 0 Å². The lowest BCUT2D eigenvalue weighted by Gasteiger charge is -2.09. The summed E-state index contributed by atoms with van der Waals surface area (Å²) in [6.45, 7) is 2.38. The molecule has 0 fully saturated rings. The van der Waals surface area contributed by atoms with Crippen molar-refractivity contribution < 1.29 is 13.2 Å². The molecule has 2 aromatic heterocycles. The van der Waals surface area contributed by atoms with E-state index in [1.54, 1.807) is 24.3 Å². The van der Waals surface area contributed by atoms with Crippen molar-refractivity contribution in [2.45, 2.75) is 24.8 Å². The standard InChI is InChI=1S/C23H21ClN4O3S/c1-16-25-20-11-12-21(23(29)27-32(30,31)19-5-3-2-4-6-19)26-22(20)28(16)15-18-9-7-17(8-10-18)13-14-24/h2-12H,13-15H2,1H3,(H,27,29). The maximum absolute atomic E-state index is 12.7. The maximum Gasteiger partial charge on any atom is 0.283 e. The molecule has 7 nitrogen and oxygen atoms in total. The molecular weight excluding hydrogens is 448 g/mol. The van der Waals surface area contributed by atoms with Crippen molar-refractivity contribution in [2.24, 2.45) is 0 Å². The van der Waals surface area contributed by atoms with E-state index in [4.69, 9.17) is 11.6 Å². The monoisotopic (exact) mass is 468 g/mol. The van der Waals surface area contributed by atoms with Crippen LogP contribution in [0.25, 0.3) is 11.2 Å². The van der Waals surface area contributed by atoms with Crippen molar-refractivity contribution in [3.8, 4) is 0 Å². The van der Waals surface area contributed by atoms with E-state index >= 15 is 0 Å². The lowest BCUT2D eigenvalue weighted by Crippen LogP contribution is -2.31. The molecular formula is C23H21ClN4O3S. The van der Waals surface area contributed by atoms with Crippen molar-refractivity contribution in [3.05, 3.63) is 89.4 Å². The van der Waals surface area contributed by atoms with E-state index in [1.807, 2.05) is 35.8 Å². The molecule has 32 heavy (non-hydrogen) atoms. The Bertz CT molecular complexity index is 1370. The Kier molecular flexibility index (Phi) is 6.25. The highest BCUT2D eigenvalue weighted by atomic mass is 35.5. The summed E-state index contributed by atoms with van der Waals surface area (Å²) in [7, 11) is -3.99. The first-order valence-corrected chi connectivity index (χ1v) is 12.0. The molecule has 2 aromatic carbocycles. The lowest BCUT2D eigenvalue weighted by atomic mass is 10.1. The number of nitrogens with one attached hydrogen (secondary N) is 1. The number of alkyl halides is 1. The Balaban J connectivity index is 1.61. The number of nitrogens with zero attached hydrogens (tertiary/aromatic N) is 3. The third kappa shape index (κ3) is 4.66. The molecule has 0 saturated carbocycles. The summed E-state index contributed by atoms with van der Waals surface area (Å²) in [4.78, 5) is 21.6. The molecule has 0 aliphatic heterocycles. The first-order valence-electron chi connectivity index (χ1n) is 9.97. The smallest absolute Gasteiger partial charge is 0.283 e. The number of carbonyl (C=O) groups is 1. The largest absolute Gasteiger partial charge is 0.308 e. The van der Waals surface area contributed by atoms with E-state index in [1.165, 1.54) is 18.2 Å². The summed E-state index contributed by atoms with van der Waals surface area (Å²) in [5, 5.41) is 0. The molecule has 0 unspecified atom stereocenters. The van der Waals surface area contributed by atoms with Crippen molar-refractivity contribution in [3.63, 3.8) is 0 Å². The number of amides is 1. The number of aryl methyl sites for hydroxylation is 2. The Morgan fingerprint density at radius 2 is 1.66 bits per heavy atom. The van der Waals surface area contributed by atoms with Gasteiger partial charge >= 0.3 is 0 Å². The average molecular weight is 469 g/mol. The highest BCUT2D eigenvalue weighted by molar-refractivity contribution is 7.90. The van der Waals surface area contributed by atoms with E-state index in [2.05, 4.69) is 14.7 Å². The Morgan fingerprint density at radius 1 is 0.969 bits per heavy atom. The number of pyridine rings is 1. The summed E-state index contributed by atoms with van der Waals surface area (Å²) >= 11 is 5.80. The number of benzene rings is 2. The summed E-state index contributed by atoms with van der Waals surface area (Å²) in [5.74, 6) is 0.512. The number of imidazole rings is 1. The van der Waals surface area contributed by atoms with Gasteiger partial charge < -0.3 is 4.57 Å². The fourth-order valence-corrected chi connectivity index (χ4v) is 4.57. The molecule has 9 heteroatoms. The number of aromatic nitrogens is 3. The van der Waals surface area contributed by atoms with Crippen molar-refractivity contribution in [2.75, 3.05) is 5.88 Å². The van der Waals surface area contributed by atoms with Crippen LogP contribution < -0.4 is 4.72 Å². The zero-order valence-corrected chi connectivity index (χ0v) is 18.9. The third-order valence-corrected chi connectivity index (χ3v) is 6.58. The minimum Gasteiger partial charge on any atom is -0.308 e. The molecule has 164 valence electrons. The first kappa shape index (κ1) is 22.0. The van der Waals surface area contributed by atoms with Gasteiger partial charge in [-0.05, 0) is 48.7 Å². The van der Waals surface area contributed by atoms with Gasteiger partial charge in [0.15, 0.2) is 5.65 Å². The van der Waals surface area contributed by atoms with E-state index in [0.717, 1.165) is 23.4 Å². The highest BCUT2D eigenvalue weighted by Crippen LogP contribution is 2.18. The topological polar surface area (TPSA) is 93.9 Å². The number of sulfonamides is 1. The number of carbonyl (C=O) groups excluding carboxylic acids is 1. The van der Waals surface area contributed by atoms with Gasteiger partial charge in [0, 0.05) is 5.88 Å². The van der Waals surface area contributed by atoms with Crippen LogP contribution in [0.15, 0.2) is 71.6 Å². The zero-order valence-electron chi connectivity index (χ0n) is 17.3. The second-order valence-electron chi connectivity index (χ2n) is 7.29. The molecule has 4 aromatic rings. The normalized spacial score (nSPS) is 11.6. The fourth-order valence-electron chi connectivity index (χ4n) is 3.37. The van der Waals surface area contributed by atoms with Gasteiger partial charge in [0.1, 0.15) is 17.0 Å². The number of fused-ring (bicyclic) bond motifs is 1.